The van der Waals surface area contributed by atoms with E-state index in [9.17, 15) is 9.18 Å². The van der Waals surface area contributed by atoms with Crippen LogP contribution in [0.25, 0.3) is 0 Å². The molecule has 0 saturated carbocycles. The van der Waals surface area contributed by atoms with Gasteiger partial charge < -0.3 is 5.11 Å². The molecule has 0 amide bonds. The van der Waals surface area contributed by atoms with Gasteiger partial charge in [-0.15, -0.1) is 0 Å². The van der Waals surface area contributed by atoms with Crippen molar-refractivity contribution in [3.8, 4) is 0 Å². The third-order valence-corrected chi connectivity index (χ3v) is 2.03. The zero-order valence-electron chi connectivity index (χ0n) is 7.50. The van der Waals surface area contributed by atoms with Gasteiger partial charge in [0.25, 0.3) is 0 Å². The molecule has 1 atom stereocenters. The number of rotatable bonds is 3. The number of aromatic nitrogens is 1. The molecule has 1 aromatic rings. The highest BCUT2D eigenvalue weighted by Crippen LogP contribution is 2.16. The van der Waals surface area contributed by atoms with Crippen molar-refractivity contribution in [2.24, 2.45) is 5.92 Å². The van der Waals surface area contributed by atoms with Gasteiger partial charge >= 0.3 is 5.97 Å². The molecule has 1 aromatic heterocycles. The normalized spacial score (nSPS) is 12.5. The summed E-state index contributed by atoms with van der Waals surface area (Å²) in [7, 11) is 0. The van der Waals surface area contributed by atoms with Crippen LogP contribution in [-0.2, 0) is 11.2 Å². The highest BCUT2D eigenvalue weighted by atomic mass is 35.5. The lowest BCUT2D eigenvalue weighted by Gasteiger charge is -2.06. The molecule has 1 N–H and O–H groups in total. The van der Waals surface area contributed by atoms with Crippen LogP contribution in [0.4, 0.5) is 4.39 Å². The van der Waals surface area contributed by atoms with E-state index in [4.69, 9.17) is 16.7 Å². The Morgan fingerprint density at radius 2 is 2.43 bits per heavy atom. The van der Waals surface area contributed by atoms with Crippen LogP contribution in [0.3, 0.4) is 0 Å². The van der Waals surface area contributed by atoms with E-state index in [1.807, 2.05) is 0 Å². The predicted molar refractivity (Wildman–Crippen MR) is 49.7 cm³/mol. The summed E-state index contributed by atoms with van der Waals surface area (Å²) in [5.74, 6) is -2.28. The molecule has 0 bridgehead atoms. The summed E-state index contributed by atoms with van der Waals surface area (Å²) in [5.41, 5.74) is 0.229. The van der Waals surface area contributed by atoms with Gasteiger partial charge in [-0.2, -0.15) is 4.39 Å². The number of carboxylic acids is 1. The van der Waals surface area contributed by atoms with Crippen LogP contribution in [0, 0.1) is 11.9 Å². The van der Waals surface area contributed by atoms with Crippen LogP contribution in [0.2, 0.25) is 5.02 Å². The zero-order chi connectivity index (χ0) is 10.7. The Labute approximate surface area is 85.5 Å². The molecule has 1 rings (SSSR count). The van der Waals surface area contributed by atoms with Crippen LogP contribution in [0.5, 0.6) is 0 Å². The molecule has 76 valence electrons. The number of hydrogen-bond donors (Lipinski definition) is 1. The summed E-state index contributed by atoms with van der Waals surface area (Å²) in [6.07, 6.45) is 1.28. The Bertz CT molecular complexity index is 357. The molecule has 3 nitrogen and oxygen atoms in total. The van der Waals surface area contributed by atoms with Crippen LogP contribution in [0.1, 0.15) is 12.5 Å². The van der Waals surface area contributed by atoms with E-state index < -0.39 is 17.8 Å². The largest absolute Gasteiger partial charge is 0.481 e. The van der Waals surface area contributed by atoms with Gasteiger partial charge in [0.2, 0.25) is 5.95 Å². The van der Waals surface area contributed by atoms with Crippen molar-refractivity contribution in [2.75, 3.05) is 0 Å². The highest BCUT2D eigenvalue weighted by Gasteiger charge is 2.15. The molecule has 1 heterocycles. The van der Waals surface area contributed by atoms with Crippen molar-refractivity contribution in [2.45, 2.75) is 13.3 Å². The summed E-state index contributed by atoms with van der Waals surface area (Å²) in [6, 6.07) is 1.39. The molecule has 5 heteroatoms. The smallest absolute Gasteiger partial charge is 0.306 e. The van der Waals surface area contributed by atoms with Gasteiger partial charge in [0.1, 0.15) is 0 Å². The number of hydrogen-bond acceptors (Lipinski definition) is 2. The molecule has 0 aliphatic heterocycles. The second-order valence-corrected chi connectivity index (χ2v) is 3.48. The first-order valence-corrected chi connectivity index (χ1v) is 4.41. The summed E-state index contributed by atoms with van der Waals surface area (Å²) in [6.45, 7) is 1.50. The summed E-state index contributed by atoms with van der Waals surface area (Å²) in [5, 5.41) is 8.93. The Balaban J connectivity index is 2.85. The second-order valence-electron chi connectivity index (χ2n) is 3.05. The van der Waals surface area contributed by atoms with Gasteiger partial charge in [-0.05, 0) is 12.5 Å². The van der Waals surface area contributed by atoms with Gasteiger partial charge in [0.15, 0.2) is 0 Å². The molecule has 14 heavy (non-hydrogen) atoms. The van der Waals surface area contributed by atoms with E-state index in [-0.39, 0.29) is 12.0 Å². The first-order valence-electron chi connectivity index (χ1n) is 4.03. The van der Waals surface area contributed by atoms with Crippen molar-refractivity contribution < 1.29 is 14.3 Å². The summed E-state index contributed by atoms with van der Waals surface area (Å²) < 4.78 is 13.0. The Morgan fingerprint density at radius 3 is 3.00 bits per heavy atom. The molecule has 0 spiro atoms. The lowest BCUT2D eigenvalue weighted by molar-refractivity contribution is -0.141. The minimum absolute atomic E-state index is 0.0920. The molecular formula is C9H9ClFNO2. The average molecular weight is 218 g/mol. The molecule has 0 aliphatic carbocycles. The fraction of sp³-hybridized carbons (Fsp3) is 0.333. The van der Waals surface area contributed by atoms with Gasteiger partial charge in [-0.25, -0.2) is 4.98 Å². The second kappa shape index (κ2) is 4.37. The molecule has 0 aliphatic rings. The van der Waals surface area contributed by atoms with Crippen LogP contribution < -0.4 is 0 Å². The standard InChI is InChI=1S/C9H9ClFNO2/c1-5(9(13)14)2-6-3-7(10)4-12-8(6)11/h3-5H,2H2,1H3,(H,13,14). The average Bonchev–Trinajstić information content (AvgIpc) is 2.11. The van der Waals surface area contributed by atoms with Crippen LogP contribution in [0.15, 0.2) is 12.3 Å². The topological polar surface area (TPSA) is 50.2 Å². The number of halogens is 2. The maximum atomic E-state index is 13.0. The van der Waals surface area contributed by atoms with Crippen molar-refractivity contribution in [3.63, 3.8) is 0 Å². The maximum Gasteiger partial charge on any atom is 0.306 e. The van der Waals surface area contributed by atoms with Gasteiger partial charge in [-0.1, -0.05) is 18.5 Å². The van der Waals surface area contributed by atoms with E-state index in [1.54, 1.807) is 0 Å². The highest BCUT2D eigenvalue weighted by molar-refractivity contribution is 6.30. The van der Waals surface area contributed by atoms with E-state index in [2.05, 4.69) is 4.98 Å². The molecule has 0 aromatic carbocycles. The molecular weight excluding hydrogens is 209 g/mol. The minimum Gasteiger partial charge on any atom is -0.481 e. The molecule has 0 fully saturated rings. The number of nitrogens with zero attached hydrogens (tertiary/aromatic N) is 1. The SMILES string of the molecule is CC(Cc1cc(Cl)cnc1F)C(=O)O. The lowest BCUT2D eigenvalue weighted by atomic mass is 10.0. The maximum absolute atomic E-state index is 13.0. The molecule has 1 unspecified atom stereocenters. The quantitative estimate of drug-likeness (QED) is 0.790. The van der Waals surface area contributed by atoms with E-state index >= 15 is 0 Å². The number of pyridine rings is 1. The van der Waals surface area contributed by atoms with Gasteiger partial charge in [0, 0.05) is 11.8 Å². The van der Waals surface area contributed by atoms with Crippen molar-refractivity contribution in [1.29, 1.82) is 0 Å². The van der Waals surface area contributed by atoms with Gasteiger partial charge in [-0.3, -0.25) is 4.79 Å². The Morgan fingerprint density at radius 1 is 1.79 bits per heavy atom. The van der Waals surface area contributed by atoms with E-state index in [0.717, 1.165) is 0 Å². The Kier molecular flexibility index (Phi) is 3.41. The number of carboxylic acid groups (broad SMARTS) is 1. The predicted octanol–water partition coefficient (Wildman–Crippen LogP) is 2.14. The fourth-order valence-electron chi connectivity index (χ4n) is 1.02. The Hall–Kier alpha value is -1.16. The van der Waals surface area contributed by atoms with Crippen molar-refractivity contribution in [1.82, 2.24) is 4.98 Å². The molecule has 0 radical (unpaired) electrons. The van der Waals surface area contributed by atoms with Crippen LogP contribution in [-0.4, -0.2) is 16.1 Å². The van der Waals surface area contributed by atoms with Gasteiger partial charge in [0.05, 0.1) is 10.9 Å². The third-order valence-electron chi connectivity index (χ3n) is 1.83. The third kappa shape index (κ3) is 2.67. The lowest BCUT2D eigenvalue weighted by Crippen LogP contribution is -2.13. The zero-order valence-corrected chi connectivity index (χ0v) is 8.25. The first-order chi connectivity index (χ1) is 6.50. The van der Waals surface area contributed by atoms with E-state index in [0.29, 0.717) is 5.02 Å². The minimum atomic E-state index is -0.968. The van der Waals surface area contributed by atoms with Crippen molar-refractivity contribution in [3.05, 3.63) is 28.8 Å². The first kappa shape index (κ1) is 10.9. The number of aliphatic carboxylic acids is 1. The fourth-order valence-corrected chi connectivity index (χ4v) is 1.21. The monoisotopic (exact) mass is 217 g/mol. The van der Waals surface area contributed by atoms with Crippen LogP contribution >= 0.6 is 11.6 Å². The van der Waals surface area contributed by atoms with E-state index in [1.165, 1.54) is 19.2 Å². The van der Waals surface area contributed by atoms with Crippen molar-refractivity contribution >= 4 is 17.6 Å². The number of carbonyl (C=O) groups is 1. The summed E-state index contributed by atoms with van der Waals surface area (Å²) in [4.78, 5) is 13.9. The molecule has 0 saturated heterocycles. The summed E-state index contributed by atoms with van der Waals surface area (Å²) >= 11 is 5.60.